The molecule has 0 bridgehead atoms. The smallest absolute Gasteiger partial charge is 0.273 e. The molecule has 0 atom stereocenters. The van der Waals surface area contributed by atoms with E-state index in [4.69, 9.17) is 5.14 Å². The van der Waals surface area contributed by atoms with Crippen LogP contribution in [0.4, 0.5) is 10.1 Å². The van der Waals surface area contributed by atoms with Crippen LogP contribution < -0.4 is 10.5 Å². The van der Waals surface area contributed by atoms with Gasteiger partial charge in [-0.15, -0.1) is 0 Å². The zero-order chi connectivity index (χ0) is 15.8. The molecule has 0 spiro atoms. The van der Waals surface area contributed by atoms with Crippen molar-refractivity contribution in [2.24, 2.45) is 12.2 Å². The highest BCUT2D eigenvalue weighted by atomic mass is 32.2. The van der Waals surface area contributed by atoms with Gasteiger partial charge in [0.1, 0.15) is 11.5 Å². The van der Waals surface area contributed by atoms with Crippen molar-refractivity contribution in [3.8, 4) is 0 Å². The fourth-order valence-electron chi connectivity index (χ4n) is 1.82. The standard InChI is InChI=1S/C12H13FN4O3S/c1-7-3-11(17(2)16-7)12(18)15-9-4-8(13)5-10(6-9)21(14,19)20/h3-6H,1-2H3,(H,15,18)(H2,14,19,20). The van der Waals surface area contributed by atoms with E-state index in [1.807, 2.05) is 0 Å². The number of carbonyl (C=O) groups excluding carboxylic acids is 1. The molecule has 2 rings (SSSR count). The van der Waals surface area contributed by atoms with Gasteiger partial charge in [0.15, 0.2) is 0 Å². The lowest BCUT2D eigenvalue weighted by Crippen LogP contribution is -2.17. The number of hydrogen-bond donors (Lipinski definition) is 2. The minimum Gasteiger partial charge on any atom is -0.321 e. The van der Waals surface area contributed by atoms with Gasteiger partial charge in [-0.25, -0.2) is 17.9 Å². The summed E-state index contributed by atoms with van der Waals surface area (Å²) in [6, 6.07) is 4.41. The fraction of sp³-hybridized carbons (Fsp3) is 0.167. The Bertz CT molecular complexity index is 814. The quantitative estimate of drug-likeness (QED) is 0.872. The number of nitrogens with one attached hydrogen (secondary N) is 1. The number of rotatable bonds is 3. The van der Waals surface area contributed by atoms with Gasteiger partial charge in [-0.1, -0.05) is 0 Å². The third-order valence-corrected chi connectivity index (χ3v) is 3.59. The Balaban J connectivity index is 2.34. The molecule has 1 aromatic heterocycles. The van der Waals surface area contributed by atoms with E-state index < -0.39 is 26.6 Å². The van der Waals surface area contributed by atoms with Gasteiger partial charge in [0, 0.05) is 12.7 Å². The van der Waals surface area contributed by atoms with Crippen LogP contribution in [0.3, 0.4) is 0 Å². The molecule has 0 aliphatic heterocycles. The number of primary sulfonamides is 1. The van der Waals surface area contributed by atoms with Crippen LogP contribution in [0.25, 0.3) is 0 Å². The van der Waals surface area contributed by atoms with E-state index in [2.05, 4.69) is 10.4 Å². The van der Waals surface area contributed by atoms with Gasteiger partial charge in [0.2, 0.25) is 10.0 Å². The second kappa shape index (κ2) is 5.26. The van der Waals surface area contributed by atoms with E-state index >= 15 is 0 Å². The molecule has 0 saturated heterocycles. The zero-order valence-electron chi connectivity index (χ0n) is 11.3. The van der Waals surface area contributed by atoms with Crippen molar-refractivity contribution >= 4 is 21.6 Å². The summed E-state index contributed by atoms with van der Waals surface area (Å²) in [4.78, 5) is 11.6. The fourth-order valence-corrected chi connectivity index (χ4v) is 2.39. The summed E-state index contributed by atoms with van der Waals surface area (Å²) in [6.45, 7) is 1.72. The van der Waals surface area contributed by atoms with E-state index in [1.54, 1.807) is 20.0 Å². The SMILES string of the molecule is Cc1cc(C(=O)Nc2cc(F)cc(S(N)(=O)=O)c2)n(C)n1. The zero-order valence-corrected chi connectivity index (χ0v) is 12.1. The molecule has 7 nitrogen and oxygen atoms in total. The molecule has 0 fully saturated rings. The van der Waals surface area contributed by atoms with E-state index in [0.29, 0.717) is 5.69 Å². The third-order valence-electron chi connectivity index (χ3n) is 2.69. The van der Waals surface area contributed by atoms with Crippen LogP contribution in [0.2, 0.25) is 0 Å². The molecule has 0 saturated carbocycles. The number of amides is 1. The van der Waals surface area contributed by atoms with Gasteiger partial charge < -0.3 is 5.32 Å². The number of hydrogen-bond acceptors (Lipinski definition) is 4. The predicted octanol–water partition coefficient (Wildman–Crippen LogP) is 0.767. The van der Waals surface area contributed by atoms with Gasteiger partial charge in [0.05, 0.1) is 10.6 Å². The molecule has 1 amide bonds. The Morgan fingerprint density at radius 1 is 1.33 bits per heavy atom. The maximum absolute atomic E-state index is 13.4. The summed E-state index contributed by atoms with van der Waals surface area (Å²) in [6.07, 6.45) is 0. The maximum Gasteiger partial charge on any atom is 0.273 e. The largest absolute Gasteiger partial charge is 0.321 e. The molecule has 1 aromatic carbocycles. The van der Waals surface area contributed by atoms with Crippen molar-refractivity contribution in [1.82, 2.24) is 9.78 Å². The average molecular weight is 312 g/mol. The Morgan fingerprint density at radius 2 is 2.00 bits per heavy atom. The average Bonchev–Trinajstić information content (AvgIpc) is 2.66. The van der Waals surface area contributed by atoms with Crippen LogP contribution in [-0.4, -0.2) is 24.1 Å². The molecule has 9 heteroatoms. The van der Waals surface area contributed by atoms with Crippen molar-refractivity contribution in [3.05, 3.63) is 41.5 Å². The van der Waals surface area contributed by atoms with Crippen LogP contribution in [0.15, 0.2) is 29.2 Å². The highest BCUT2D eigenvalue weighted by Crippen LogP contribution is 2.18. The Kier molecular flexibility index (Phi) is 3.79. The number of aryl methyl sites for hydroxylation is 2. The van der Waals surface area contributed by atoms with Crippen LogP contribution in [-0.2, 0) is 17.1 Å². The summed E-state index contributed by atoms with van der Waals surface area (Å²) in [7, 11) is -2.47. The monoisotopic (exact) mass is 312 g/mol. The second-order valence-electron chi connectivity index (χ2n) is 4.47. The molecule has 0 aliphatic carbocycles. The number of anilines is 1. The predicted molar refractivity (Wildman–Crippen MR) is 73.7 cm³/mol. The number of sulfonamides is 1. The lowest BCUT2D eigenvalue weighted by atomic mass is 10.3. The normalized spacial score (nSPS) is 11.4. The summed E-state index contributed by atoms with van der Waals surface area (Å²) < 4.78 is 37.2. The van der Waals surface area contributed by atoms with Crippen LogP contribution in [0.1, 0.15) is 16.2 Å². The van der Waals surface area contributed by atoms with Crippen molar-refractivity contribution in [2.45, 2.75) is 11.8 Å². The Hall–Kier alpha value is -2.26. The summed E-state index contributed by atoms with van der Waals surface area (Å²) >= 11 is 0. The number of nitrogens with zero attached hydrogens (tertiary/aromatic N) is 2. The molecule has 0 unspecified atom stereocenters. The van der Waals surface area contributed by atoms with Gasteiger partial charge in [0.25, 0.3) is 5.91 Å². The van der Waals surface area contributed by atoms with E-state index in [9.17, 15) is 17.6 Å². The number of benzene rings is 1. The Labute approximate surface area is 120 Å². The van der Waals surface area contributed by atoms with Crippen LogP contribution in [0.5, 0.6) is 0 Å². The first kappa shape index (κ1) is 15.1. The first-order valence-electron chi connectivity index (χ1n) is 5.82. The first-order chi connectivity index (χ1) is 9.66. The van der Waals surface area contributed by atoms with Crippen molar-refractivity contribution < 1.29 is 17.6 Å². The van der Waals surface area contributed by atoms with Crippen LogP contribution >= 0.6 is 0 Å². The van der Waals surface area contributed by atoms with Gasteiger partial charge in [-0.2, -0.15) is 5.10 Å². The van der Waals surface area contributed by atoms with Gasteiger partial charge in [-0.05, 0) is 31.2 Å². The van der Waals surface area contributed by atoms with E-state index in [-0.39, 0.29) is 11.4 Å². The molecule has 0 aliphatic rings. The van der Waals surface area contributed by atoms with E-state index in [0.717, 1.165) is 18.2 Å². The van der Waals surface area contributed by atoms with Crippen molar-refractivity contribution in [3.63, 3.8) is 0 Å². The highest BCUT2D eigenvalue weighted by molar-refractivity contribution is 7.89. The minimum atomic E-state index is -4.06. The number of aromatic nitrogens is 2. The maximum atomic E-state index is 13.4. The number of nitrogens with two attached hydrogens (primary N) is 1. The summed E-state index contributed by atoms with van der Waals surface area (Å²) in [5, 5.41) is 11.4. The Morgan fingerprint density at radius 3 is 2.52 bits per heavy atom. The lowest BCUT2D eigenvalue weighted by Gasteiger charge is -2.07. The molecule has 0 radical (unpaired) electrons. The van der Waals surface area contributed by atoms with Gasteiger partial charge in [-0.3, -0.25) is 9.48 Å². The number of carbonyl (C=O) groups is 1. The summed E-state index contributed by atoms with van der Waals surface area (Å²) in [5.41, 5.74) is 0.893. The number of halogens is 1. The molecule has 2 aromatic rings. The third kappa shape index (κ3) is 3.44. The van der Waals surface area contributed by atoms with Crippen molar-refractivity contribution in [2.75, 3.05) is 5.32 Å². The molecule has 1 heterocycles. The molecular weight excluding hydrogens is 299 g/mol. The first-order valence-corrected chi connectivity index (χ1v) is 7.37. The molecule has 112 valence electrons. The van der Waals surface area contributed by atoms with Crippen LogP contribution in [0, 0.1) is 12.7 Å². The highest BCUT2D eigenvalue weighted by Gasteiger charge is 2.15. The lowest BCUT2D eigenvalue weighted by molar-refractivity contribution is 0.101. The summed E-state index contributed by atoms with van der Waals surface area (Å²) in [5.74, 6) is -1.36. The van der Waals surface area contributed by atoms with Gasteiger partial charge >= 0.3 is 0 Å². The molecule has 21 heavy (non-hydrogen) atoms. The van der Waals surface area contributed by atoms with Crippen molar-refractivity contribution in [1.29, 1.82) is 0 Å². The molecule has 3 N–H and O–H groups in total. The molecular formula is C12H13FN4O3S. The second-order valence-corrected chi connectivity index (χ2v) is 6.03. The van der Waals surface area contributed by atoms with E-state index in [1.165, 1.54) is 4.68 Å². The topological polar surface area (TPSA) is 107 Å². The minimum absolute atomic E-state index is 0.0112.